The van der Waals surface area contributed by atoms with Gasteiger partial charge in [0, 0.05) is 16.0 Å². The van der Waals surface area contributed by atoms with Gasteiger partial charge in [-0.2, -0.15) is 0 Å². The van der Waals surface area contributed by atoms with Crippen molar-refractivity contribution in [1.82, 2.24) is 0 Å². The van der Waals surface area contributed by atoms with Gasteiger partial charge in [0.2, 0.25) is 0 Å². The maximum absolute atomic E-state index is 13.8. The highest BCUT2D eigenvalue weighted by molar-refractivity contribution is 9.11. The lowest BCUT2D eigenvalue weighted by Crippen LogP contribution is -2.27. The third-order valence-corrected chi connectivity index (χ3v) is 6.63. The third kappa shape index (κ3) is 3.14. The fourth-order valence-electron chi connectivity index (χ4n) is 1.81. The van der Waals surface area contributed by atoms with Crippen LogP contribution in [0.3, 0.4) is 0 Å². The second-order valence-corrected chi connectivity index (χ2v) is 8.10. The highest BCUT2D eigenvalue weighted by Crippen LogP contribution is 2.32. The lowest BCUT2D eigenvalue weighted by Gasteiger charge is -2.21. The van der Waals surface area contributed by atoms with Crippen molar-refractivity contribution in [2.75, 3.05) is 11.4 Å². The quantitative estimate of drug-likeness (QED) is 0.711. The fraction of sp³-hybridized carbons (Fsp3) is 0.143. The smallest absolute Gasteiger partial charge is 0.265 e. The molecular formula is C14H12Br2FNO2S. The minimum atomic E-state index is -3.87. The summed E-state index contributed by atoms with van der Waals surface area (Å²) in [7, 11) is -2.54. The summed E-state index contributed by atoms with van der Waals surface area (Å²) >= 11 is 6.57. The number of anilines is 1. The van der Waals surface area contributed by atoms with Crippen molar-refractivity contribution in [3.63, 3.8) is 0 Å². The zero-order chi connectivity index (χ0) is 15.8. The first kappa shape index (κ1) is 16.5. The molecule has 0 aliphatic rings. The molecule has 0 heterocycles. The predicted octanol–water partition coefficient (Wildman–Crippen LogP) is 4.48. The number of hydrogen-bond donors (Lipinski definition) is 0. The van der Waals surface area contributed by atoms with E-state index < -0.39 is 15.8 Å². The Morgan fingerprint density at radius 1 is 1.10 bits per heavy atom. The minimum absolute atomic E-state index is 0.00102. The number of nitrogens with zero attached hydrogens (tertiary/aromatic N) is 1. The van der Waals surface area contributed by atoms with Crippen LogP contribution >= 0.6 is 31.9 Å². The standard InChI is InChI=1S/C14H12Br2FNO2S/c1-9-7-11(16)14(8-10(9)15)21(19,20)18(2)13-6-4-3-5-12(13)17/h3-8H,1-2H3. The zero-order valence-corrected chi connectivity index (χ0v) is 15.3. The third-order valence-electron chi connectivity index (χ3n) is 3.04. The fourth-order valence-corrected chi connectivity index (χ4v) is 4.65. The lowest BCUT2D eigenvalue weighted by molar-refractivity contribution is 0.589. The molecule has 0 fully saturated rings. The molecular weight excluding hydrogens is 425 g/mol. The van der Waals surface area contributed by atoms with Crippen molar-refractivity contribution in [1.29, 1.82) is 0 Å². The lowest BCUT2D eigenvalue weighted by atomic mass is 10.2. The molecule has 0 N–H and O–H groups in total. The second-order valence-electron chi connectivity index (χ2n) is 4.46. The molecule has 0 saturated carbocycles. The van der Waals surface area contributed by atoms with E-state index in [1.807, 2.05) is 6.92 Å². The summed E-state index contributed by atoms with van der Waals surface area (Å²) in [6.07, 6.45) is 0. The van der Waals surface area contributed by atoms with Gasteiger partial charge in [0.05, 0.1) is 5.69 Å². The van der Waals surface area contributed by atoms with Crippen LogP contribution in [0.15, 0.2) is 50.2 Å². The number of benzene rings is 2. The summed E-state index contributed by atoms with van der Waals surface area (Å²) in [5.74, 6) is -0.592. The Kier molecular flexibility index (Phi) is 4.75. The molecule has 21 heavy (non-hydrogen) atoms. The minimum Gasteiger partial charge on any atom is -0.266 e. The second kappa shape index (κ2) is 6.06. The maximum atomic E-state index is 13.8. The van der Waals surface area contributed by atoms with Gasteiger partial charge in [0.25, 0.3) is 10.0 Å². The summed E-state index contributed by atoms with van der Waals surface area (Å²) in [6, 6.07) is 8.95. The molecule has 2 aromatic carbocycles. The van der Waals surface area contributed by atoms with Gasteiger partial charge in [-0.05, 0) is 52.7 Å². The first-order valence-electron chi connectivity index (χ1n) is 5.94. The van der Waals surface area contributed by atoms with E-state index in [4.69, 9.17) is 0 Å². The molecule has 2 aromatic rings. The molecule has 0 atom stereocenters. The Hall–Kier alpha value is -0.920. The van der Waals surface area contributed by atoms with Gasteiger partial charge in [-0.25, -0.2) is 12.8 Å². The molecule has 112 valence electrons. The Bertz CT molecular complexity index is 794. The van der Waals surface area contributed by atoms with Crippen LogP contribution < -0.4 is 4.31 Å². The van der Waals surface area contributed by atoms with E-state index in [1.54, 1.807) is 12.1 Å². The molecule has 0 saturated heterocycles. The van der Waals surface area contributed by atoms with Gasteiger partial charge in [0.1, 0.15) is 10.7 Å². The normalized spacial score (nSPS) is 11.5. The number of halogens is 3. The van der Waals surface area contributed by atoms with Gasteiger partial charge >= 0.3 is 0 Å². The van der Waals surface area contributed by atoms with Crippen LogP contribution in [0.25, 0.3) is 0 Å². The van der Waals surface area contributed by atoms with E-state index in [1.165, 1.54) is 31.3 Å². The van der Waals surface area contributed by atoms with Crippen molar-refractivity contribution < 1.29 is 12.8 Å². The summed E-state index contributed by atoms with van der Waals surface area (Å²) in [4.78, 5) is 0.0747. The van der Waals surface area contributed by atoms with Crippen molar-refractivity contribution >= 4 is 47.6 Å². The van der Waals surface area contributed by atoms with Crippen molar-refractivity contribution in [3.8, 4) is 0 Å². The van der Waals surface area contributed by atoms with Crippen LogP contribution in [0.2, 0.25) is 0 Å². The summed E-state index contributed by atoms with van der Waals surface area (Å²) in [5.41, 5.74) is 0.899. The molecule has 0 spiro atoms. The van der Waals surface area contributed by atoms with Crippen LogP contribution in [-0.2, 0) is 10.0 Å². The summed E-state index contributed by atoms with van der Waals surface area (Å²) in [6.45, 7) is 1.85. The van der Waals surface area contributed by atoms with Gasteiger partial charge in [-0.3, -0.25) is 4.31 Å². The first-order valence-corrected chi connectivity index (χ1v) is 8.97. The predicted molar refractivity (Wildman–Crippen MR) is 88.6 cm³/mol. The highest BCUT2D eigenvalue weighted by Gasteiger charge is 2.26. The molecule has 0 amide bonds. The monoisotopic (exact) mass is 435 g/mol. The molecule has 7 heteroatoms. The number of para-hydroxylation sites is 1. The van der Waals surface area contributed by atoms with Crippen LogP contribution in [0, 0.1) is 12.7 Å². The summed E-state index contributed by atoms with van der Waals surface area (Å²) < 4.78 is 41.2. The number of hydrogen-bond acceptors (Lipinski definition) is 2. The highest BCUT2D eigenvalue weighted by atomic mass is 79.9. The molecule has 0 radical (unpaired) electrons. The largest absolute Gasteiger partial charge is 0.266 e. The van der Waals surface area contributed by atoms with Crippen molar-refractivity contribution in [2.24, 2.45) is 0 Å². The SMILES string of the molecule is Cc1cc(Br)c(S(=O)(=O)N(C)c2ccccc2F)cc1Br. The number of rotatable bonds is 3. The molecule has 0 aromatic heterocycles. The van der Waals surface area contributed by atoms with Gasteiger partial charge in [0.15, 0.2) is 0 Å². The van der Waals surface area contributed by atoms with E-state index >= 15 is 0 Å². The Morgan fingerprint density at radius 3 is 2.33 bits per heavy atom. The Morgan fingerprint density at radius 2 is 1.71 bits per heavy atom. The molecule has 3 nitrogen and oxygen atoms in total. The number of aryl methyl sites for hydroxylation is 1. The molecule has 0 unspecified atom stereocenters. The van der Waals surface area contributed by atoms with Gasteiger partial charge in [-0.1, -0.05) is 28.1 Å². The van der Waals surface area contributed by atoms with E-state index in [0.29, 0.717) is 8.95 Å². The van der Waals surface area contributed by atoms with Crippen molar-refractivity contribution in [3.05, 3.63) is 56.7 Å². The average Bonchev–Trinajstić information content (AvgIpc) is 2.42. The summed E-state index contributed by atoms with van der Waals surface area (Å²) in [5, 5.41) is 0. The van der Waals surface area contributed by atoms with E-state index in [2.05, 4.69) is 31.9 Å². The topological polar surface area (TPSA) is 37.4 Å². The van der Waals surface area contributed by atoms with Crippen LogP contribution in [0.4, 0.5) is 10.1 Å². The molecule has 0 bridgehead atoms. The Labute approximate surface area is 140 Å². The number of sulfonamides is 1. The van der Waals surface area contributed by atoms with Crippen LogP contribution in [0.5, 0.6) is 0 Å². The zero-order valence-electron chi connectivity index (χ0n) is 11.3. The van der Waals surface area contributed by atoms with E-state index in [0.717, 1.165) is 9.87 Å². The van der Waals surface area contributed by atoms with E-state index in [9.17, 15) is 12.8 Å². The average molecular weight is 437 g/mol. The van der Waals surface area contributed by atoms with Gasteiger partial charge in [-0.15, -0.1) is 0 Å². The Balaban J connectivity index is 2.58. The molecule has 2 rings (SSSR count). The molecule has 0 aliphatic carbocycles. The van der Waals surface area contributed by atoms with E-state index in [-0.39, 0.29) is 10.6 Å². The van der Waals surface area contributed by atoms with Crippen molar-refractivity contribution in [2.45, 2.75) is 11.8 Å². The van der Waals surface area contributed by atoms with Crippen LogP contribution in [0.1, 0.15) is 5.56 Å². The van der Waals surface area contributed by atoms with Crippen LogP contribution in [-0.4, -0.2) is 15.5 Å². The van der Waals surface area contributed by atoms with Gasteiger partial charge < -0.3 is 0 Å². The first-order chi connectivity index (χ1) is 9.75. The maximum Gasteiger partial charge on any atom is 0.265 e. The molecule has 0 aliphatic heterocycles.